The molecule has 2 nitrogen and oxygen atoms in total. The second kappa shape index (κ2) is 9.62. The highest BCUT2D eigenvalue weighted by molar-refractivity contribution is 5.27. The molecular formula is C23H31NO. The van der Waals surface area contributed by atoms with E-state index in [4.69, 9.17) is 0 Å². The molecule has 0 atom stereocenters. The predicted octanol–water partition coefficient (Wildman–Crippen LogP) is 5.06. The van der Waals surface area contributed by atoms with Gasteiger partial charge in [0.2, 0.25) is 0 Å². The van der Waals surface area contributed by atoms with Gasteiger partial charge in [0.25, 0.3) is 0 Å². The molecule has 134 valence electrons. The van der Waals surface area contributed by atoms with Gasteiger partial charge in [-0.1, -0.05) is 61.7 Å². The summed E-state index contributed by atoms with van der Waals surface area (Å²) in [5.41, 5.74) is 2.65. The maximum Gasteiger partial charge on any atom is 0.115 e. The maximum absolute atomic E-state index is 9.68. The van der Waals surface area contributed by atoms with E-state index in [0.717, 1.165) is 31.8 Å². The molecule has 25 heavy (non-hydrogen) atoms. The SMILES string of the molecule is Oc1cccc(CCN(CCc2ccccc2)CC2CCCCC2)c1. The first kappa shape index (κ1) is 18.0. The van der Waals surface area contributed by atoms with Crippen LogP contribution in [0.15, 0.2) is 54.6 Å². The summed E-state index contributed by atoms with van der Waals surface area (Å²) in [6, 6.07) is 18.5. The van der Waals surface area contributed by atoms with Gasteiger partial charge < -0.3 is 10.0 Å². The third-order valence-electron chi connectivity index (χ3n) is 5.43. The van der Waals surface area contributed by atoms with Crippen molar-refractivity contribution in [3.05, 3.63) is 65.7 Å². The van der Waals surface area contributed by atoms with Gasteiger partial charge in [-0.05, 0) is 54.9 Å². The number of aromatic hydroxyl groups is 1. The van der Waals surface area contributed by atoms with Crippen LogP contribution in [0.4, 0.5) is 0 Å². The van der Waals surface area contributed by atoms with Crippen molar-refractivity contribution in [2.45, 2.75) is 44.9 Å². The van der Waals surface area contributed by atoms with Gasteiger partial charge in [0, 0.05) is 19.6 Å². The van der Waals surface area contributed by atoms with Crippen LogP contribution >= 0.6 is 0 Å². The minimum absolute atomic E-state index is 0.376. The summed E-state index contributed by atoms with van der Waals surface area (Å²) in [5, 5.41) is 9.68. The van der Waals surface area contributed by atoms with Crippen LogP contribution in [-0.4, -0.2) is 29.6 Å². The zero-order valence-electron chi connectivity index (χ0n) is 15.2. The highest BCUT2D eigenvalue weighted by atomic mass is 16.3. The van der Waals surface area contributed by atoms with Gasteiger partial charge in [-0.15, -0.1) is 0 Å². The minimum Gasteiger partial charge on any atom is -0.508 e. The standard InChI is InChI=1S/C23H31NO/c25-23-13-7-12-21(18-23)15-17-24(19-22-10-5-2-6-11-22)16-14-20-8-3-1-4-9-20/h1,3-4,7-9,12-13,18,22,25H,2,5-6,10-11,14-17,19H2. The highest BCUT2D eigenvalue weighted by Gasteiger charge is 2.17. The van der Waals surface area contributed by atoms with Crippen molar-refractivity contribution < 1.29 is 5.11 Å². The van der Waals surface area contributed by atoms with Crippen molar-refractivity contribution in [1.82, 2.24) is 4.90 Å². The Balaban J connectivity index is 1.56. The van der Waals surface area contributed by atoms with Gasteiger partial charge in [0.05, 0.1) is 0 Å². The molecular weight excluding hydrogens is 306 g/mol. The number of benzene rings is 2. The summed E-state index contributed by atoms with van der Waals surface area (Å²) in [5.74, 6) is 1.24. The molecule has 2 aromatic carbocycles. The van der Waals surface area contributed by atoms with Crippen molar-refractivity contribution in [2.75, 3.05) is 19.6 Å². The molecule has 1 N–H and O–H groups in total. The molecule has 1 aliphatic rings. The number of hydrogen-bond donors (Lipinski definition) is 1. The third kappa shape index (κ3) is 6.21. The lowest BCUT2D eigenvalue weighted by Crippen LogP contribution is -2.34. The Kier molecular flexibility index (Phi) is 6.93. The van der Waals surface area contributed by atoms with Gasteiger partial charge in [-0.3, -0.25) is 0 Å². The molecule has 0 radical (unpaired) electrons. The Hall–Kier alpha value is -1.80. The normalized spacial score (nSPS) is 15.6. The smallest absolute Gasteiger partial charge is 0.115 e. The average Bonchev–Trinajstić information content (AvgIpc) is 2.66. The van der Waals surface area contributed by atoms with E-state index in [1.807, 2.05) is 12.1 Å². The number of nitrogens with zero attached hydrogens (tertiary/aromatic N) is 1. The van der Waals surface area contributed by atoms with Gasteiger partial charge >= 0.3 is 0 Å². The molecule has 0 heterocycles. The van der Waals surface area contributed by atoms with E-state index in [9.17, 15) is 5.11 Å². The van der Waals surface area contributed by atoms with Crippen LogP contribution in [-0.2, 0) is 12.8 Å². The van der Waals surface area contributed by atoms with Crippen LogP contribution in [0, 0.1) is 5.92 Å². The molecule has 0 bridgehead atoms. The number of rotatable bonds is 8. The fourth-order valence-corrected chi connectivity index (χ4v) is 3.96. The molecule has 3 rings (SSSR count). The van der Waals surface area contributed by atoms with Crippen molar-refractivity contribution in [3.63, 3.8) is 0 Å². The van der Waals surface area contributed by atoms with E-state index in [1.165, 1.54) is 49.8 Å². The molecule has 1 aliphatic carbocycles. The number of phenolic OH excluding ortho intramolecular Hbond substituents is 1. The van der Waals surface area contributed by atoms with Gasteiger partial charge in [0.1, 0.15) is 5.75 Å². The third-order valence-corrected chi connectivity index (χ3v) is 5.43. The summed E-state index contributed by atoms with van der Waals surface area (Å²) in [4.78, 5) is 2.65. The lowest BCUT2D eigenvalue weighted by molar-refractivity contribution is 0.204. The zero-order valence-corrected chi connectivity index (χ0v) is 15.2. The molecule has 0 spiro atoms. The first-order valence-corrected chi connectivity index (χ1v) is 9.84. The largest absolute Gasteiger partial charge is 0.508 e. The van der Waals surface area contributed by atoms with Crippen LogP contribution in [0.2, 0.25) is 0 Å². The minimum atomic E-state index is 0.376. The Labute approximate surface area is 152 Å². The van der Waals surface area contributed by atoms with Crippen molar-refractivity contribution >= 4 is 0 Å². The van der Waals surface area contributed by atoms with Crippen molar-refractivity contribution in [3.8, 4) is 5.75 Å². The number of hydrogen-bond acceptors (Lipinski definition) is 2. The van der Waals surface area contributed by atoms with Crippen LogP contribution in [0.5, 0.6) is 5.75 Å². The fourth-order valence-electron chi connectivity index (χ4n) is 3.96. The van der Waals surface area contributed by atoms with E-state index in [2.05, 4.69) is 41.3 Å². The molecule has 1 fully saturated rings. The molecule has 0 aromatic heterocycles. The van der Waals surface area contributed by atoms with E-state index >= 15 is 0 Å². The van der Waals surface area contributed by atoms with Gasteiger partial charge in [-0.2, -0.15) is 0 Å². The zero-order chi connectivity index (χ0) is 17.3. The lowest BCUT2D eigenvalue weighted by atomic mass is 9.89. The number of phenols is 1. The van der Waals surface area contributed by atoms with Crippen molar-refractivity contribution in [1.29, 1.82) is 0 Å². The van der Waals surface area contributed by atoms with Crippen molar-refractivity contribution in [2.24, 2.45) is 5.92 Å². The Morgan fingerprint density at radius 1 is 0.800 bits per heavy atom. The van der Waals surface area contributed by atoms with Crippen LogP contribution in [0.25, 0.3) is 0 Å². The molecule has 2 heteroatoms. The molecule has 0 saturated heterocycles. The Morgan fingerprint density at radius 2 is 1.48 bits per heavy atom. The highest BCUT2D eigenvalue weighted by Crippen LogP contribution is 2.24. The summed E-state index contributed by atoms with van der Waals surface area (Å²) in [6.45, 7) is 3.43. The Bertz CT molecular complexity index is 619. The molecule has 0 aliphatic heterocycles. The predicted molar refractivity (Wildman–Crippen MR) is 105 cm³/mol. The topological polar surface area (TPSA) is 23.5 Å². The summed E-state index contributed by atoms with van der Waals surface area (Å²) < 4.78 is 0. The first-order chi connectivity index (χ1) is 12.3. The summed E-state index contributed by atoms with van der Waals surface area (Å²) in [6.07, 6.45) is 9.16. The maximum atomic E-state index is 9.68. The second-order valence-corrected chi connectivity index (χ2v) is 7.46. The van der Waals surface area contributed by atoms with E-state index in [0.29, 0.717) is 5.75 Å². The van der Waals surface area contributed by atoms with E-state index in [-0.39, 0.29) is 0 Å². The van der Waals surface area contributed by atoms with Gasteiger partial charge in [-0.25, -0.2) is 0 Å². The fraction of sp³-hybridized carbons (Fsp3) is 0.478. The quantitative estimate of drug-likeness (QED) is 0.728. The molecule has 0 unspecified atom stereocenters. The lowest BCUT2D eigenvalue weighted by Gasteiger charge is -2.30. The van der Waals surface area contributed by atoms with Crippen LogP contribution in [0.1, 0.15) is 43.2 Å². The Morgan fingerprint density at radius 3 is 2.20 bits per heavy atom. The monoisotopic (exact) mass is 337 g/mol. The van der Waals surface area contributed by atoms with Gasteiger partial charge in [0.15, 0.2) is 0 Å². The van der Waals surface area contributed by atoms with Crippen LogP contribution < -0.4 is 0 Å². The van der Waals surface area contributed by atoms with Crippen LogP contribution in [0.3, 0.4) is 0 Å². The summed E-state index contributed by atoms with van der Waals surface area (Å²) in [7, 11) is 0. The molecule has 2 aromatic rings. The molecule has 0 amide bonds. The second-order valence-electron chi connectivity index (χ2n) is 7.46. The average molecular weight is 338 g/mol. The van der Waals surface area contributed by atoms with E-state index in [1.54, 1.807) is 6.07 Å². The van der Waals surface area contributed by atoms with E-state index < -0.39 is 0 Å². The first-order valence-electron chi connectivity index (χ1n) is 9.84. The molecule has 1 saturated carbocycles. The summed E-state index contributed by atoms with van der Waals surface area (Å²) >= 11 is 0.